The molecule has 3 rings (SSSR count). The molecule has 0 spiro atoms. The van der Waals surface area contributed by atoms with Crippen LogP contribution in [0.2, 0.25) is 0 Å². The van der Waals surface area contributed by atoms with Crippen LogP contribution in [0.5, 0.6) is 0 Å². The van der Waals surface area contributed by atoms with E-state index in [-0.39, 0.29) is 18.4 Å². The van der Waals surface area contributed by atoms with Gasteiger partial charge >= 0.3 is 0 Å². The molecule has 1 aliphatic rings. The second-order valence-corrected chi connectivity index (χ2v) is 5.99. The molecule has 0 saturated carbocycles. The van der Waals surface area contributed by atoms with Crippen molar-refractivity contribution in [2.24, 2.45) is 0 Å². The summed E-state index contributed by atoms with van der Waals surface area (Å²) in [7, 11) is 0. The average Bonchev–Trinajstić information content (AvgIpc) is 3.10. The van der Waals surface area contributed by atoms with Crippen LogP contribution < -0.4 is 0 Å². The van der Waals surface area contributed by atoms with E-state index >= 15 is 0 Å². The average molecular weight is 317 g/mol. The van der Waals surface area contributed by atoms with Crippen LogP contribution in [-0.2, 0) is 12.4 Å². The molecule has 6 heteroatoms. The number of aliphatic hydroxyl groups excluding tert-OH is 1. The Morgan fingerprint density at radius 1 is 1.00 bits per heavy atom. The van der Waals surface area contributed by atoms with Crippen LogP contribution in [0.1, 0.15) is 32.2 Å². The number of nitrogens with zero attached hydrogens (tertiary/aromatic N) is 1. The number of carbonyl (C=O) groups is 2. The van der Waals surface area contributed by atoms with Crippen molar-refractivity contribution in [3.05, 3.63) is 59.0 Å². The normalized spacial score (nSPS) is 13.8. The molecule has 2 amide bonds. The summed E-state index contributed by atoms with van der Waals surface area (Å²) in [5.41, 5.74) is 0.965. The molecule has 114 valence electrons. The van der Waals surface area contributed by atoms with Gasteiger partial charge in [-0.25, -0.2) is 0 Å². The van der Waals surface area contributed by atoms with Gasteiger partial charge < -0.3 is 9.52 Å². The first kappa shape index (κ1) is 14.9. The molecule has 1 N–H and O–H groups in total. The van der Waals surface area contributed by atoms with Crippen LogP contribution in [0.3, 0.4) is 0 Å². The molecule has 2 heterocycles. The Hall–Kier alpha value is -2.05. The van der Waals surface area contributed by atoms with E-state index in [1.54, 1.807) is 42.1 Å². The van der Waals surface area contributed by atoms with Gasteiger partial charge in [-0.3, -0.25) is 14.5 Å². The van der Waals surface area contributed by atoms with Gasteiger partial charge in [-0.15, -0.1) is 0 Å². The summed E-state index contributed by atoms with van der Waals surface area (Å²) >= 11 is 1.58. The third-order valence-corrected chi connectivity index (χ3v) is 4.41. The van der Waals surface area contributed by atoms with Crippen LogP contribution in [0, 0.1) is 0 Å². The molecule has 22 heavy (non-hydrogen) atoms. The van der Waals surface area contributed by atoms with Crippen molar-refractivity contribution >= 4 is 23.6 Å². The first-order chi connectivity index (χ1) is 10.7. The fraction of sp³-hybridized carbons (Fsp3) is 0.250. The quantitative estimate of drug-likeness (QED) is 0.654. The highest BCUT2D eigenvalue weighted by Crippen LogP contribution is 2.23. The third-order valence-electron chi connectivity index (χ3n) is 3.45. The third kappa shape index (κ3) is 2.80. The molecule has 0 saturated heterocycles. The van der Waals surface area contributed by atoms with E-state index < -0.39 is 0 Å². The molecule has 0 aliphatic carbocycles. The lowest BCUT2D eigenvalue weighted by atomic mass is 10.1. The minimum atomic E-state index is -0.221. The number of rotatable bonds is 6. The molecule has 0 atom stereocenters. The molecule has 0 fully saturated rings. The van der Waals surface area contributed by atoms with Crippen LogP contribution in [-0.4, -0.2) is 34.1 Å². The molecule has 2 aromatic rings. The number of amides is 2. The maximum atomic E-state index is 12.2. The number of hydrogen-bond acceptors (Lipinski definition) is 5. The summed E-state index contributed by atoms with van der Waals surface area (Å²) in [5, 5.41) is 8.93. The van der Waals surface area contributed by atoms with Gasteiger partial charge in [0, 0.05) is 12.3 Å². The number of aliphatic hydroxyl groups is 1. The molecular formula is C16H15NO4S. The lowest BCUT2D eigenvalue weighted by molar-refractivity contribution is 0.0664. The fourth-order valence-corrected chi connectivity index (χ4v) is 3.17. The number of furan rings is 1. The van der Waals surface area contributed by atoms with Crippen molar-refractivity contribution in [2.45, 2.75) is 12.4 Å². The van der Waals surface area contributed by atoms with Gasteiger partial charge in [-0.1, -0.05) is 12.1 Å². The SMILES string of the molecule is O=C1c2ccccc2C(=O)N1CCSCc1ccc(CO)o1. The van der Waals surface area contributed by atoms with E-state index in [4.69, 9.17) is 9.52 Å². The molecular weight excluding hydrogens is 302 g/mol. The van der Waals surface area contributed by atoms with Crippen LogP contribution in [0.15, 0.2) is 40.8 Å². The van der Waals surface area contributed by atoms with Crippen molar-refractivity contribution in [2.75, 3.05) is 12.3 Å². The summed E-state index contributed by atoms with van der Waals surface area (Å²) in [6, 6.07) is 10.4. The number of fused-ring (bicyclic) bond motifs is 1. The maximum absolute atomic E-state index is 12.2. The van der Waals surface area contributed by atoms with Crippen molar-refractivity contribution in [1.82, 2.24) is 4.90 Å². The number of hydrogen-bond donors (Lipinski definition) is 1. The Balaban J connectivity index is 1.52. The Morgan fingerprint density at radius 2 is 1.64 bits per heavy atom. The highest BCUT2D eigenvalue weighted by Gasteiger charge is 2.34. The van der Waals surface area contributed by atoms with E-state index in [9.17, 15) is 9.59 Å². The largest absolute Gasteiger partial charge is 0.463 e. The lowest BCUT2D eigenvalue weighted by Gasteiger charge is -2.12. The molecule has 5 nitrogen and oxygen atoms in total. The van der Waals surface area contributed by atoms with Gasteiger partial charge in [-0.2, -0.15) is 11.8 Å². The first-order valence-electron chi connectivity index (χ1n) is 6.92. The van der Waals surface area contributed by atoms with Gasteiger partial charge in [0.15, 0.2) is 0 Å². The predicted octanol–water partition coefficient (Wildman–Crippen LogP) is 2.30. The van der Waals surface area contributed by atoms with Crippen molar-refractivity contribution in [3.8, 4) is 0 Å². The number of thioether (sulfide) groups is 1. The maximum Gasteiger partial charge on any atom is 0.261 e. The van der Waals surface area contributed by atoms with E-state index in [2.05, 4.69) is 0 Å². The zero-order valence-electron chi connectivity index (χ0n) is 11.8. The molecule has 1 aromatic carbocycles. The summed E-state index contributed by atoms with van der Waals surface area (Å²) in [6.45, 7) is 0.268. The molecule has 0 unspecified atom stereocenters. The molecule has 1 aromatic heterocycles. The van der Waals surface area contributed by atoms with Crippen molar-refractivity contribution in [3.63, 3.8) is 0 Å². The van der Waals surface area contributed by atoms with Gasteiger partial charge in [0.25, 0.3) is 11.8 Å². The Bertz CT molecular complexity index is 675. The first-order valence-corrected chi connectivity index (χ1v) is 8.07. The standard InChI is InChI=1S/C16H15NO4S/c18-9-11-5-6-12(21-11)10-22-8-7-17-15(19)13-3-1-2-4-14(13)16(17)20/h1-6,18H,7-10H2. The van der Waals surface area contributed by atoms with E-state index in [0.717, 1.165) is 5.76 Å². The summed E-state index contributed by atoms with van der Waals surface area (Å²) in [4.78, 5) is 25.6. The topological polar surface area (TPSA) is 70.8 Å². The monoisotopic (exact) mass is 317 g/mol. The zero-order valence-corrected chi connectivity index (χ0v) is 12.6. The summed E-state index contributed by atoms with van der Waals surface area (Å²) in [5.74, 6) is 2.15. The van der Waals surface area contributed by atoms with Crippen LogP contribution >= 0.6 is 11.8 Å². The second-order valence-electron chi connectivity index (χ2n) is 4.89. The van der Waals surface area contributed by atoms with Gasteiger partial charge in [-0.05, 0) is 24.3 Å². The van der Waals surface area contributed by atoms with Gasteiger partial charge in [0.2, 0.25) is 0 Å². The minimum absolute atomic E-state index is 0.111. The van der Waals surface area contributed by atoms with E-state index in [0.29, 0.717) is 34.9 Å². The van der Waals surface area contributed by atoms with Crippen LogP contribution in [0.4, 0.5) is 0 Å². The minimum Gasteiger partial charge on any atom is -0.463 e. The smallest absolute Gasteiger partial charge is 0.261 e. The molecule has 1 aliphatic heterocycles. The van der Waals surface area contributed by atoms with Crippen molar-refractivity contribution in [1.29, 1.82) is 0 Å². The lowest BCUT2D eigenvalue weighted by Crippen LogP contribution is -2.31. The molecule has 0 radical (unpaired) electrons. The summed E-state index contributed by atoms with van der Waals surface area (Å²) in [6.07, 6.45) is 0. The Morgan fingerprint density at radius 3 is 2.23 bits per heavy atom. The number of carbonyl (C=O) groups excluding carboxylic acids is 2. The van der Waals surface area contributed by atoms with E-state index in [1.165, 1.54) is 4.90 Å². The number of imide groups is 1. The predicted molar refractivity (Wildman–Crippen MR) is 82.6 cm³/mol. The fourth-order valence-electron chi connectivity index (χ4n) is 2.36. The van der Waals surface area contributed by atoms with Gasteiger partial charge in [0.05, 0.1) is 16.9 Å². The highest BCUT2D eigenvalue weighted by molar-refractivity contribution is 7.98. The summed E-state index contributed by atoms with van der Waals surface area (Å²) < 4.78 is 5.38. The van der Waals surface area contributed by atoms with Gasteiger partial charge in [0.1, 0.15) is 18.1 Å². The second kappa shape index (κ2) is 6.37. The highest BCUT2D eigenvalue weighted by atomic mass is 32.2. The zero-order chi connectivity index (χ0) is 15.5. The van der Waals surface area contributed by atoms with E-state index in [1.807, 2.05) is 6.07 Å². The van der Waals surface area contributed by atoms with Crippen molar-refractivity contribution < 1.29 is 19.1 Å². The van der Waals surface area contributed by atoms with Crippen LogP contribution in [0.25, 0.3) is 0 Å². The molecule has 0 bridgehead atoms. The number of benzene rings is 1. The Kier molecular flexibility index (Phi) is 4.31. The Labute approximate surface area is 131 Å².